The molecule has 1 unspecified atom stereocenters. The van der Waals surface area contributed by atoms with E-state index >= 15 is 0 Å². The Kier molecular flexibility index (Phi) is 2.37. The van der Waals surface area contributed by atoms with E-state index in [-0.39, 0.29) is 8.08 Å². The zero-order valence-corrected chi connectivity index (χ0v) is 6.14. The Hall–Kier alpha value is 0.680. The molecule has 1 atom stereocenters. The van der Waals surface area contributed by atoms with Crippen molar-refractivity contribution in [3.8, 4) is 0 Å². The van der Waals surface area contributed by atoms with Crippen LogP contribution in [0.15, 0.2) is 0 Å². The summed E-state index contributed by atoms with van der Waals surface area (Å²) in [6, 6.07) is 0. The molecule has 0 aromatic heterocycles. The summed E-state index contributed by atoms with van der Waals surface area (Å²) < 4.78 is 2.33. The lowest BCUT2D eigenvalue weighted by molar-refractivity contribution is 0.583. The first kappa shape index (κ1) is 5.81. The molecule has 3 heteroatoms. The van der Waals surface area contributed by atoms with Gasteiger partial charge in [0, 0.05) is 13.1 Å². The predicted molar refractivity (Wildman–Crippen MR) is 36.4 cm³/mol. The maximum Gasteiger partial charge on any atom is 0.157 e. The van der Waals surface area contributed by atoms with Crippen LogP contribution in [0.25, 0.3) is 0 Å². The van der Waals surface area contributed by atoms with Gasteiger partial charge in [-0.3, -0.25) is 0 Å². The summed E-state index contributed by atoms with van der Waals surface area (Å²) >= 11 is 5.62. The Labute approximate surface area is 50.7 Å². The van der Waals surface area contributed by atoms with E-state index in [0.29, 0.717) is 0 Å². The van der Waals surface area contributed by atoms with Crippen molar-refractivity contribution in [2.24, 2.45) is 0 Å². The smallest absolute Gasteiger partial charge is 0.157 e. The Bertz CT molecular complexity index is 53.7. The molecule has 0 amide bonds. The predicted octanol–water partition coefficient (Wildman–Crippen LogP) is 1.56. The molecule has 0 spiro atoms. The van der Waals surface area contributed by atoms with Gasteiger partial charge in [-0.25, -0.2) is 0 Å². The first-order valence-corrected chi connectivity index (χ1v) is 4.87. The Morgan fingerprint density at radius 1 is 1.29 bits per heavy atom. The van der Waals surface area contributed by atoms with Crippen LogP contribution in [0.4, 0.5) is 0 Å². The lowest BCUT2D eigenvalue weighted by Crippen LogP contribution is -2.03. The largest absolute Gasteiger partial charge is 0.168 e. The van der Waals surface area contributed by atoms with E-state index in [0.717, 1.165) is 0 Å². The monoisotopic (exact) mass is 138 g/mol. The first-order valence-electron chi connectivity index (χ1n) is 2.61. The Balaban J connectivity index is 2.14. The summed E-state index contributed by atoms with van der Waals surface area (Å²) in [5.74, 6) is 0. The summed E-state index contributed by atoms with van der Waals surface area (Å²) in [4.78, 5) is 0. The van der Waals surface area contributed by atoms with Crippen molar-refractivity contribution in [3.05, 3.63) is 0 Å². The van der Waals surface area contributed by atoms with Crippen molar-refractivity contribution < 1.29 is 0 Å². The molecule has 1 saturated heterocycles. The van der Waals surface area contributed by atoms with E-state index in [1.807, 2.05) is 0 Å². The highest BCUT2D eigenvalue weighted by Gasteiger charge is 2.13. The molecule has 7 heavy (non-hydrogen) atoms. The molecule has 0 radical (unpaired) electrons. The van der Waals surface area contributed by atoms with E-state index in [1.54, 1.807) is 0 Å². The van der Waals surface area contributed by atoms with Crippen molar-refractivity contribution in [2.75, 3.05) is 13.1 Å². The number of rotatable bonds is 1. The Morgan fingerprint density at radius 3 is 2.14 bits per heavy atom. The average Bonchev–Trinajstić information content (AvgIpc) is 2.14. The highest BCUT2D eigenvalue weighted by atomic mass is 35.7. The Morgan fingerprint density at radius 2 is 1.86 bits per heavy atom. The molecule has 1 aliphatic heterocycles. The van der Waals surface area contributed by atoms with Crippen LogP contribution < -0.4 is 0 Å². The van der Waals surface area contributed by atoms with E-state index in [1.165, 1.54) is 25.9 Å². The number of hydrogen-bond acceptors (Lipinski definition) is 1. The molecule has 0 aromatic rings. The minimum atomic E-state index is 0.106. The summed E-state index contributed by atoms with van der Waals surface area (Å²) in [5.41, 5.74) is 0. The fourth-order valence-electron chi connectivity index (χ4n) is 0.839. The van der Waals surface area contributed by atoms with Crippen molar-refractivity contribution in [1.29, 1.82) is 0 Å². The standard InChI is InChI=1S/C4H9ClNP/c5-7-6-3-1-2-4-6/h7H,1-4H2/p+1. The lowest BCUT2D eigenvalue weighted by atomic mass is 10.4. The third-order valence-corrected chi connectivity index (χ3v) is 2.90. The topological polar surface area (TPSA) is 3.24 Å². The van der Waals surface area contributed by atoms with Gasteiger partial charge in [-0.2, -0.15) is 4.67 Å². The molecule has 1 fully saturated rings. The summed E-state index contributed by atoms with van der Waals surface area (Å²) in [7, 11) is 0.106. The maximum atomic E-state index is 5.62. The molecular formula is C4H10ClNP+. The molecule has 1 aliphatic rings. The average molecular weight is 139 g/mol. The molecule has 0 saturated carbocycles. The third kappa shape index (κ3) is 1.56. The van der Waals surface area contributed by atoms with Crippen LogP contribution >= 0.6 is 19.3 Å². The van der Waals surface area contributed by atoms with Crippen LogP contribution in [0.3, 0.4) is 0 Å². The zero-order chi connectivity index (χ0) is 5.11. The number of hydrogen-bond donors (Lipinski definition) is 0. The van der Waals surface area contributed by atoms with Crippen LogP contribution in [0, 0.1) is 0 Å². The van der Waals surface area contributed by atoms with Gasteiger partial charge in [0.1, 0.15) is 11.2 Å². The zero-order valence-electron chi connectivity index (χ0n) is 4.23. The quantitative estimate of drug-likeness (QED) is 0.497. The van der Waals surface area contributed by atoms with Crippen LogP contribution in [0.1, 0.15) is 12.8 Å². The highest BCUT2D eigenvalue weighted by Crippen LogP contribution is 2.27. The van der Waals surface area contributed by atoms with E-state index < -0.39 is 0 Å². The van der Waals surface area contributed by atoms with E-state index in [4.69, 9.17) is 11.2 Å². The normalized spacial score (nSPS) is 25.3. The van der Waals surface area contributed by atoms with Crippen LogP contribution in [-0.4, -0.2) is 17.8 Å². The third-order valence-electron chi connectivity index (χ3n) is 1.28. The van der Waals surface area contributed by atoms with Gasteiger partial charge in [0.15, 0.2) is 8.08 Å². The molecule has 1 heterocycles. The molecule has 0 bridgehead atoms. The fraction of sp³-hybridized carbons (Fsp3) is 1.00. The molecule has 1 nitrogen and oxygen atoms in total. The minimum absolute atomic E-state index is 0.106. The summed E-state index contributed by atoms with van der Waals surface area (Å²) in [6.45, 7) is 2.50. The van der Waals surface area contributed by atoms with Crippen molar-refractivity contribution in [3.63, 3.8) is 0 Å². The molecule has 1 rings (SSSR count). The second-order valence-electron chi connectivity index (χ2n) is 1.84. The number of halogens is 1. The van der Waals surface area contributed by atoms with Gasteiger partial charge in [-0.1, -0.05) is 0 Å². The second-order valence-corrected chi connectivity index (χ2v) is 3.35. The highest BCUT2D eigenvalue weighted by molar-refractivity contribution is 7.66. The van der Waals surface area contributed by atoms with Gasteiger partial charge < -0.3 is 0 Å². The lowest BCUT2D eigenvalue weighted by Gasteiger charge is -1.97. The fourth-order valence-corrected chi connectivity index (χ4v) is 1.99. The van der Waals surface area contributed by atoms with Crippen molar-refractivity contribution in [2.45, 2.75) is 12.8 Å². The molecular weight excluding hydrogens is 128 g/mol. The van der Waals surface area contributed by atoms with E-state index in [2.05, 4.69) is 4.67 Å². The van der Waals surface area contributed by atoms with Crippen LogP contribution in [-0.2, 0) is 0 Å². The van der Waals surface area contributed by atoms with E-state index in [9.17, 15) is 0 Å². The summed E-state index contributed by atoms with van der Waals surface area (Å²) in [5, 5.41) is 0. The van der Waals surface area contributed by atoms with Crippen molar-refractivity contribution in [1.82, 2.24) is 4.67 Å². The van der Waals surface area contributed by atoms with Crippen molar-refractivity contribution >= 4 is 19.3 Å². The SMILES string of the molecule is Cl[PH2+]N1CCCC1. The minimum Gasteiger partial charge on any atom is -0.168 e. The van der Waals surface area contributed by atoms with Gasteiger partial charge in [-0.15, -0.1) is 0 Å². The second kappa shape index (κ2) is 2.86. The van der Waals surface area contributed by atoms with Gasteiger partial charge in [-0.05, 0) is 12.8 Å². The van der Waals surface area contributed by atoms with Gasteiger partial charge in [0.2, 0.25) is 0 Å². The molecule has 0 N–H and O–H groups in total. The summed E-state index contributed by atoms with van der Waals surface area (Å²) in [6.07, 6.45) is 2.72. The molecule has 0 aromatic carbocycles. The molecule has 42 valence electrons. The van der Waals surface area contributed by atoms with Gasteiger partial charge >= 0.3 is 0 Å². The number of nitrogens with zero attached hydrogens (tertiary/aromatic N) is 1. The van der Waals surface area contributed by atoms with Crippen LogP contribution in [0.2, 0.25) is 0 Å². The van der Waals surface area contributed by atoms with Gasteiger partial charge in [0.25, 0.3) is 0 Å². The molecule has 0 aliphatic carbocycles. The first-order chi connectivity index (χ1) is 3.43. The maximum absolute atomic E-state index is 5.62. The van der Waals surface area contributed by atoms with Crippen LogP contribution in [0.5, 0.6) is 0 Å². The van der Waals surface area contributed by atoms with Gasteiger partial charge in [0.05, 0.1) is 0 Å².